The zero-order valence-electron chi connectivity index (χ0n) is 14.0. The van der Waals surface area contributed by atoms with Gasteiger partial charge in [0.2, 0.25) is 0 Å². The topological polar surface area (TPSA) is 166 Å². The minimum Gasteiger partial charge on any atom is -0.744 e. The van der Waals surface area contributed by atoms with E-state index in [1.54, 1.807) is 0 Å². The van der Waals surface area contributed by atoms with Crippen LogP contribution in [0.5, 0.6) is 0 Å². The number of hydrogen-bond acceptors (Lipinski definition) is 8. The number of benzene rings is 2. The molecule has 0 spiro atoms. The predicted molar refractivity (Wildman–Crippen MR) is 86.6 cm³/mol. The molecule has 0 fully saturated rings. The van der Waals surface area contributed by atoms with Gasteiger partial charge in [-0.05, 0) is 35.4 Å². The third-order valence-corrected chi connectivity index (χ3v) is 4.84. The maximum Gasteiger partial charge on any atom is 1.00 e. The van der Waals surface area contributed by atoms with E-state index in [0.29, 0.717) is 0 Å². The summed E-state index contributed by atoms with van der Waals surface area (Å²) in [5.41, 5.74) is 11.1. The molecule has 0 radical (unpaired) electrons. The van der Waals surface area contributed by atoms with Crippen LogP contribution in [0, 0.1) is 0 Å². The SMILES string of the molecule is Nc1ccc(/C=C/c2ccc(N)cc2S(=O)(=O)[O-])c(S(=O)(=O)[O-])c1.[Na+].[Na+]. The van der Waals surface area contributed by atoms with Gasteiger partial charge >= 0.3 is 59.1 Å². The molecule has 0 unspecified atom stereocenters. The van der Waals surface area contributed by atoms with E-state index >= 15 is 0 Å². The van der Waals surface area contributed by atoms with Crippen molar-refractivity contribution >= 4 is 43.8 Å². The van der Waals surface area contributed by atoms with E-state index in [0.717, 1.165) is 12.1 Å². The standard InChI is InChI=1S/C14H14N2O6S2.2Na/c15-11-5-3-9(13(7-11)23(17,18)19)1-2-10-4-6-12(16)8-14(10)24(20,21)22;;/h1-8H,15-16H2,(H,17,18,19)(H,20,21,22);;/q;2*+1/p-2/b2-1+;;. The van der Waals surface area contributed by atoms with Crippen molar-refractivity contribution in [3.8, 4) is 0 Å². The fourth-order valence-electron chi connectivity index (χ4n) is 1.99. The molecule has 0 saturated carbocycles. The third kappa shape index (κ3) is 6.64. The first-order chi connectivity index (χ1) is 11.0. The number of rotatable bonds is 4. The largest absolute Gasteiger partial charge is 1.00 e. The Morgan fingerprint density at radius 1 is 0.692 bits per heavy atom. The second kappa shape index (κ2) is 9.69. The fraction of sp³-hybridized carbons (Fsp3) is 0. The van der Waals surface area contributed by atoms with Crippen molar-refractivity contribution in [3.63, 3.8) is 0 Å². The zero-order chi connectivity index (χ0) is 18.1. The Balaban J connectivity index is 0.00000312. The Kier molecular flexibility index (Phi) is 9.54. The van der Waals surface area contributed by atoms with Crippen LogP contribution in [-0.2, 0) is 20.2 Å². The Morgan fingerprint density at radius 2 is 1.00 bits per heavy atom. The molecule has 0 aliphatic heterocycles. The van der Waals surface area contributed by atoms with Crippen LogP contribution < -0.4 is 70.6 Å². The molecule has 0 aromatic heterocycles. The van der Waals surface area contributed by atoms with Crippen LogP contribution in [-0.4, -0.2) is 25.9 Å². The first-order valence-electron chi connectivity index (χ1n) is 6.37. The summed E-state index contributed by atoms with van der Waals surface area (Å²) in [7, 11) is -9.57. The molecule has 2 aromatic rings. The van der Waals surface area contributed by atoms with Crippen molar-refractivity contribution in [1.29, 1.82) is 0 Å². The molecule has 2 aromatic carbocycles. The number of nitrogen functional groups attached to an aromatic ring is 2. The van der Waals surface area contributed by atoms with Crippen LogP contribution in [0.15, 0.2) is 46.2 Å². The Morgan fingerprint density at radius 3 is 1.27 bits per heavy atom. The second-order valence-electron chi connectivity index (χ2n) is 4.84. The van der Waals surface area contributed by atoms with Crippen molar-refractivity contribution in [2.24, 2.45) is 0 Å². The van der Waals surface area contributed by atoms with Gasteiger partial charge in [-0.1, -0.05) is 24.3 Å². The quantitative estimate of drug-likeness (QED) is 0.217. The van der Waals surface area contributed by atoms with Crippen LogP contribution in [0.4, 0.5) is 11.4 Å². The molecule has 12 heteroatoms. The molecular weight excluding hydrogens is 402 g/mol. The van der Waals surface area contributed by atoms with E-state index in [1.807, 2.05) is 0 Å². The van der Waals surface area contributed by atoms with Gasteiger partial charge in [-0.15, -0.1) is 0 Å². The molecule has 2 rings (SSSR count). The normalized spacial score (nSPS) is 11.6. The van der Waals surface area contributed by atoms with Gasteiger partial charge in [0.15, 0.2) is 0 Å². The summed E-state index contributed by atoms with van der Waals surface area (Å²) in [6.07, 6.45) is 2.40. The third-order valence-electron chi connectivity index (χ3n) is 3.06. The van der Waals surface area contributed by atoms with E-state index in [1.165, 1.54) is 36.4 Å². The first kappa shape index (κ1) is 25.6. The number of hydrogen-bond donors (Lipinski definition) is 2. The van der Waals surface area contributed by atoms with E-state index < -0.39 is 30.0 Å². The van der Waals surface area contributed by atoms with Crippen LogP contribution >= 0.6 is 0 Å². The molecule has 0 saturated heterocycles. The van der Waals surface area contributed by atoms with Gasteiger partial charge < -0.3 is 20.6 Å². The van der Waals surface area contributed by atoms with Gasteiger partial charge in [0.1, 0.15) is 20.2 Å². The van der Waals surface area contributed by atoms with Gasteiger partial charge in [-0.25, -0.2) is 16.8 Å². The molecule has 8 nitrogen and oxygen atoms in total. The molecule has 128 valence electrons. The van der Waals surface area contributed by atoms with Crippen molar-refractivity contribution in [1.82, 2.24) is 0 Å². The van der Waals surface area contributed by atoms with Gasteiger partial charge in [-0.3, -0.25) is 0 Å². The summed E-state index contributed by atoms with van der Waals surface area (Å²) in [4.78, 5) is -1.11. The van der Waals surface area contributed by atoms with E-state index in [2.05, 4.69) is 0 Å². The molecule has 0 aliphatic rings. The molecule has 0 bridgehead atoms. The summed E-state index contributed by atoms with van der Waals surface area (Å²) < 4.78 is 67.7. The Hall–Kier alpha value is -0.400. The molecule has 0 amide bonds. The average Bonchev–Trinajstić information content (AvgIpc) is 2.45. The Bertz CT molecular complexity index is 954. The second-order valence-corrected chi connectivity index (χ2v) is 7.53. The van der Waals surface area contributed by atoms with Crippen molar-refractivity contribution < 1.29 is 85.1 Å². The molecule has 0 atom stereocenters. The van der Waals surface area contributed by atoms with Crippen LogP contribution in [0.1, 0.15) is 11.1 Å². The molecule has 4 N–H and O–H groups in total. The summed E-state index contributed by atoms with van der Waals surface area (Å²) in [5.74, 6) is 0. The number of anilines is 2. The summed E-state index contributed by atoms with van der Waals surface area (Å²) in [6.45, 7) is 0. The van der Waals surface area contributed by atoms with Gasteiger partial charge in [0.05, 0.1) is 9.79 Å². The van der Waals surface area contributed by atoms with E-state index in [-0.39, 0.29) is 81.6 Å². The van der Waals surface area contributed by atoms with E-state index in [9.17, 15) is 25.9 Å². The Labute approximate surface area is 195 Å². The molecular formula is C14H12N2Na2O6S2. The minimum absolute atomic E-state index is 0. The summed E-state index contributed by atoms with van der Waals surface area (Å²) in [6, 6.07) is 7.33. The maximum absolute atomic E-state index is 11.3. The van der Waals surface area contributed by atoms with Crippen molar-refractivity contribution in [2.75, 3.05) is 11.5 Å². The minimum atomic E-state index is -4.79. The van der Waals surface area contributed by atoms with Gasteiger partial charge in [0.25, 0.3) is 0 Å². The van der Waals surface area contributed by atoms with Crippen molar-refractivity contribution in [3.05, 3.63) is 47.5 Å². The average molecular weight is 414 g/mol. The summed E-state index contributed by atoms with van der Waals surface area (Å²) in [5, 5.41) is 0. The van der Waals surface area contributed by atoms with Gasteiger partial charge in [0, 0.05) is 11.4 Å². The van der Waals surface area contributed by atoms with Crippen LogP contribution in [0.2, 0.25) is 0 Å². The summed E-state index contributed by atoms with van der Waals surface area (Å²) >= 11 is 0. The van der Waals surface area contributed by atoms with E-state index in [4.69, 9.17) is 11.5 Å². The number of nitrogens with two attached hydrogens (primary N) is 2. The maximum atomic E-state index is 11.3. The zero-order valence-corrected chi connectivity index (χ0v) is 19.7. The molecule has 0 heterocycles. The molecule has 26 heavy (non-hydrogen) atoms. The smallest absolute Gasteiger partial charge is 0.744 e. The van der Waals surface area contributed by atoms with Crippen LogP contribution in [0.3, 0.4) is 0 Å². The molecule has 0 aliphatic carbocycles. The van der Waals surface area contributed by atoms with Gasteiger partial charge in [-0.2, -0.15) is 0 Å². The monoisotopic (exact) mass is 414 g/mol. The van der Waals surface area contributed by atoms with Crippen molar-refractivity contribution in [2.45, 2.75) is 9.79 Å². The van der Waals surface area contributed by atoms with Crippen LogP contribution in [0.25, 0.3) is 12.2 Å². The first-order valence-corrected chi connectivity index (χ1v) is 9.19. The predicted octanol–water partition coefficient (Wildman–Crippen LogP) is -5.16. The fourth-order valence-corrected chi connectivity index (χ4v) is 3.40.